The van der Waals surface area contributed by atoms with Crippen LogP contribution >= 0.6 is 12.4 Å². The number of nitrogens with one attached hydrogen (secondary N) is 1. The molecule has 1 aromatic rings. The van der Waals surface area contributed by atoms with E-state index < -0.39 is 17.5 Å². The summed E-state index contributed by atoms with van der Waals surface area (Å²) in [6.45, 7) is 0. The van der Waals surface area contributed by atoms with Crippen LogP contribution in [0.1, 0.15) is 10.4 Å². The highest BCUT2D eigenvalue weighted by molar-refractivity contribution is 5.94. The Morgan fingerprint density at radius 3 is 2.46 bits per heavy atom. The zero-order chi connectivity index (χ0) is 9.14. The number of carbonyl (C=O) groups is 1. The van der Waals surface area contributed by atoms with Crippen molar-refractivity contribution in [3.8, 4) is 0 Å². The molecule has 1 N–H and O–H groups in total. The lowest BCUT2D eigenvalue weighted by Gasteiger charge is -2.00. The van der Waals surface area contributed by atoms with Crippen LogP contribution in [0.2, 0.25) is 0 Å². The fourth-order valence-corrected chi connectivity index (χ4v) is 0.808. The lowest BCUT2D eigenvalue weighted by molar-refractivity contribution is 0.0959. The zero-order valence-electron chi connectivity index (χ0n) is 6.80. The Hall–Kier alpha value is -1.16. The van der Waals surface area contributed by atoms with Crippen molar-refractivity contribution in [1.82, 2.24) is 5.32 Å². The average molecular weight is 208 g/mol. The first-order chi connectivity index (χ1) is 5.65. The number of amides is 1. The first kappa shape index (κ1) is 11.8. The first-order valence-corrected chi connectivity index (χ1v) is 3.32. The highest BCUT2D eigenvalue weighted by Gasteiger charge is 2.09. The fraction of sp³-hybridized carbons (Fsp3) is 0.125. The van der Waals surface area contributed by atoms with Gasteiger partial charge in [0.15, 0.2) is 0 Å². The van der Waals surface area contributed by atoms with Gasteiger partial charge in [0.25, 0.3) is 5.91 Å². The Morgan fingerprint density at radius 1 is 1.38 bits per heavy atom. The highest BCUT2D eigenvalue weighted by atomic mass is 35.5. The van der Waals surface area contributed by atoms with Gasteiger partial charge in [-0.2, -0.15) is 0 Å². The summed E-state index contributed by atoms with van der Waals surface area (Å²) >= 11 is 0. The van der Waals surface area contributed by atoms with Crippen LogP contribution in [0, 0.1) is 11.6 Å². The largest absolute Gasteiger partial charge is 0.355 e. The Morgan fingerprint density at radius 2 is 2.00 bits per heavy atom. The van der Waals surface area contributed by atoms with E-state index in [1.807, 2.05) is 0 Å². The van der Waals surface area contributed by atoms with E-state index in [4.69, 9.17) is 0 Å². The zero-order valence-corrected chi connectivity index (χ0v) is 7.62. The molecule has 0 radical (unpaired) electrons. The number of rotatable bonds is 1. The molecule has 72 valence electrons. The van der Waals surface area contributed by atoms with Crippen molar-refractivity contribution < 1.29 is 13.6 Å². The van der Waals surface area contributed by atoms with E-state index >= 15 is 0 Å². The predicted octanol–water partition coefficient (Wildman–Crippen LogP) is 1.75. The molecule has 0 atom stereocenters. The van der Waals surface area contributed by atoms with Crippen molar-refractivity contribution in [2.75, 3.05) is 7.05 Å². The molecule has 1 rings (SSSR count). The third-order valence-electron chi connectivity index (χ3n) is 1.40. The van der Waals surface area contributed by atoms with Crippen LogP contribution in [0.3, 0.4) is 0 Å². The molecule has 13 heavy (non-hydrogen) atoms. The minimum absolute atomic E-state index is 0. The van der Waals surface area contributed by atoms with Gasteiger partial charge in [-0.15, -0.1) is 12.4 Å². The van der Waals surface area contributed by atoms with Crippen LogP contribution in [-0.2, 0) is 0 Å². The van der Waals surface area contributed by atoms with Crippen LogP contribution in [0.15, 0.2) is 18.2 Å². The van der Waals surface area contributed by atoms with Crippen LogP contribution in [0.5, 0.6) is 0 Å². The molecule has 0 aliphatic rings. The summed E-state index contributed by atoms with van der Waals surface area (Å²) in [6, 6.07) is 2.81. The molecule has 1 aromatic carbocycles. The van der Waals surface area contributed by atoms with Gasteiger partial charge in [-0.25, -0.2) is 8.78 Å². The SMILES string of the molecule is CNC(=O)c1ccc(F)cc1F.Cl. The average Bonchev–Trinajstić information content (AvgIpc) is 2.03. The fourth-order valence-electron chi connectivity index (χ4n) is 0.808. The molecule has 2 nitrogen and oxygen atoms in total. The monoisotopic (exact) mass is 207 g/mol. The van der Waals surface area contributed by atoms with E-state index in [0.717, 1.165) is 12.1 Å². The molecule has 0 heterocycles. The molecule has 0 aromatic heterocycles. The summed E-state index contributed by atoms with van der Waals surface area (Å²) < 4.78 is 25.1. The quantitative estimate of drug-likeness (QED) is 0.747. The minimum atomic E-state index is -0.852. The second kappa shape index (κ2) is 4.77. The standard InChI is InChI=1S/C8H7F2NO.ClH/c1-11-8(12)6-3-2-5(9)4-7(6)10;/h2-4H,1H3,(H,11,12);1H. The lowest BCUT2D eigenvalue weighted by atomic mass is 10.2. The summed E-state index contributed by atoms with van der Waals surface area (Å²) in [5.74, 6) is -2.11. The van der Waals surface area contributed by atoms with Crippen LogP contribution in [-0.4, -0.2) is 13.0 Å². The second-order valence-electron chi connectivity index (χ2n) is 2.20. The first-order valence-electron chi connectivity index (χ1n) is 3.32. The van der Waals surface area contributed by atoms with Gasteiger partial charge in [-0.05, 0) is 12.1 Å². The smallest absolute Gasteiger partial charge is 0.253 e. The molecule has 5 heteroatoms. The number of hydrogen-bond donors (Lipinski definition) is 1. The molecule has 0 aliphatic carbocycles. The van der Waals surface area contributed by atoms with Crippen LogP contribution < -0.4 is 5.32 Å². The summed E-state index contributed by atoms with van der Waals surface area (Å²) in [6.07, 6.45) is 0. The van der Waals surface area contributed by atoms with E-state index in [9.17, 15) is 13.6 Å². The Kier molecular flexibility index (Phi) is 4.34. The summed E-state index contributed by atoms with van der Waals surface area (Å²) in [7, 11) is 1.38. The molecular formula is C8H8ClF2NO. The second-order valence-corrected chi connectivity index (χ2v) is 2.20. The number of hydrogen-bond acceptors (Lipinski definition) is 1. The van der Waals surface area contributed by atoms with Crippen molar-refractivity contribution in [1.29, 1.82) is 0 Å². The third kappa shape index (κ3) is 2.66. The molecule has 1 amide bonds. The van der Waals surface area contributed by atoms with Gasteiger partial charge in [-0.1, -0.05) is 0 Å². The maximum atomic E-state index is 12.8. The van der Waals surface area contributed by atoms with E-state index in [1.54, 1.807) is 0 Å². The summed E-state index contributed by atoms with van der Waals surface area (Å²) in [4.78, 5) is 10.9. The van der Waals surface area contributed by atoms with Crippen molar-refractivity contribution >= 4 is 18.3 Å². The van der Waals surface area contributed by atoms with Gasteiger partial charge in [0, 0.05) is 13.1 Å². The summed E-state index contributed by atoms with van der Waals surface area (Å²) in [5, 5.41) is 2.24. The third-order valence-corrected chi connectivity index (χ3v) is 1.40. The van der Waals surface area contributed by atoms with Crippen LogP contribution in [0.4, 0.5) is 8.78 Å². The molecule has 0 bridgehead atoms. The lowest BCUT2D eigenvalue weighted by Crippen LogP contribution is -2.19. The van der Waals surface area contributed by atoms with Crippen molar-refractivity contribution in [2.45, 2.75) is 0 Å². The molecule has 0 fully saturated rings. The Labute approximate surface area is 80.4 Å². The van der Waals surface area contributed by atoms with Gasteiger partial charge in [0.05, 0.1) is 5.56 Å². The number of halogens is 3. The maximum Gasteiger partial charge on any atom is 0.253 e. The van der Waals surface area contributed by atoms with E-state index in [2.05, 4.69) is 5.32 Å². The normalized spacial score (nSPS) is 8.85. The van der Waals surface area contributed by atoms with Crippen LogP contribution in [0.25, 0.3) is 0 Å². The van der Waals surface area contributed by atoms with E-state index in [-0.39, 0.29) is 18.0 Å². The molecular weight excluding hydrogens is 200 g/mol. The van der Waals surface area contributed by atoms with Gasteiger partial charge in [-0.3, -0.25) is 4.79 Å². The molecule has 0 unspecified atom stereocenters. The Balaban J connectivity index is 0.00000144. The molecule has 0 saturated carbocycles. The number of benzene rings is 1. The maximum absolute atomic E-state index is 12.8. The van der Waals surface area contributed by atoms with Gasteiger partial charge in [0.1, 0.15) is 11.6 Å². The van der Waals surface area contributed by atoms with Crippen molar-refractivity contribution in [3.05, 3.63) is 35.4 Å². The Bertz CT molecular complexity index is 317. The highest BCUT2D eigenvalue weighted by Crippen LogP contribution is 2.08. The van der Waals surface area contributed by atoms with E-state index in [1.165, 1.54) is 7.05 Å². The molecule has 0 saturated heterocycles. The van der Waals surface area contributed by atoms with Gasteiger partial charge in [0.2, 0.25) is 0 Å². The van der Waals surface area contributed by atoms with Crippen molar-refractivity contribution in [3.63, 3.8) is 0 Å². The summed E-state index contributed by atoms with van der Waals surface area (Å²) in [5.41, 5.74) is -0.154. The number of carbonyl (C=O) groups excluding carboxylic acids is 1. The predicted molar refractivity (Wildman–Crippen MR) is 47.0 cm³/mol. The minimum Gasteiger partial charge on any atom is -0.355 e. The van der Waals surface area contributed by atoms with Gasteiger partial charge < -0.3 is 5.32 Å². The van der Waals surface area contributed by atoms with Crippen molar-refractivity contribution in [2.24, 2.45) is 0 Å². The molecule has 0 spiro atoms. The topological polar surface area (TPSA) is 29.1 Å². The molecule has 0 aliphatic heterocycles. The van der Waals surface area contributed by atoms with Gasteiger partial charge >= 0.3 is 0 Å². The van der Waals surface area contributed by atoms with E-state index in [0.29, 0.717) is 6.07 Å².